The number of carbonyl (C=O) groups excluding carboxylic acids is 1. The molecule has 1 saturated carbocycles. The molecule has 1 aliphatic carbocycles. The molecule has 2 heteroatoms. The molecule has 1 amide bonds. The molecule has 1 fully saturated rings. The molecule has 0 aromatic carbocycles. The van der Waals surface area contributed by atoms with Gasteiger partial charge in [0.15, 0.2) is 0 Å². The molecule has 15 heavy (non-hydrogen) atoms. The summed E-state index contributed by atoms with van der Waals surface area (Å²) in [5, 5.41) is 3.09. The lowest BCUT2D eigenvalue weighted by molar-refractivity contribution is -0.121. The van der Waals surface area contributed by atoms with Crippen molar-refractivity contribution in [3.05, 3.63) is 0 Å². The number of carbonyl (C=O) groups is 1. The maximum absolute atomic E-state index is 11.1. The zero-order valence-electron chi connectivity index (χ0n) is 10.8. The summed E-state index contributed by atoms with van der Waals surface area (Å²) in [6.45, 7) is 10.7. The van der Waals surface area contributed by atoms with Gasteiger partial charge >= 0.3 is 0 Å². The molecule has 1 N–H and O–H groups in total. The summed E-state index contributed by atoms with van der Waals surface area (Å²) in [4.78, 5) is 11.1. The average molecular weight is 211 g/mol. The van der Waals surface area contributed by atoms with Crippen LogP contribution in [0.4, 0.5) is 0 Å². The molecule has 1 rings (SSSR count). The van der Waals surface area contributed by atoms with Gasteiger partial charge in [-0.2, -0.15) is 0 Å². The van der Waals surface area contributed by atoms with Crippen LogP contribution in [0, 0.1) is 11.3 Å². The largest absolute Gasteiger partial charge is 0.351 e. The van der Waals surface area contributed by atoms with Crippen LogP contribution in [0.5, 0.6) is 0 Å². The lowest BCUT2D eigenvalue weighted by Crippen LogP contribution is -2.48. The first-order chi connectivity index (χ1) is 6.73. The number of hydrogen-bond acceptors (Lipinski definition) is 1. The highest BCUT2D eigenvalue weighted by Gasteiger charge is 2.35. The van der Waals surface area contributed by atoms with Crippen molar-refractivity contribution in [3.63, 3.8) is 0 Å². The molecule has 0 radical (unpaired) electrons. The molecule has 0 unspecified atom stereocenters. The minimum Gasteiger partial charge on any atom is -0.351 e. The predicted octanol–water partition coefficient (Wildman–Crippen LogP) is 3.12. The molecule has 0 saturated heterocycles. The van der Waals surface area contributed by atoms with Crippen LogP contribution in [0.25, 0.3) is 0 Å². The lowest BCUT2D eigenvalue weighted by atomic mass is 9.68. The summed E-state index contributed by atoms with van der Waals surface area (Å²) >= 11 is 0. The van der Waals surface area contributed by atoms with E-state index in [1.807, 2.05) is 0 Å². The highest BCUT2D eigenvalue weighted by atomic mass is 16.1. The van der Waals surface area contributed by atoms with E-state index in [1.54, 1.807) is 6.92 Å². The van der Waals surface area contributed by atoms with Crippen LogP contribution in [0.3, 0.4) is 0 Å². The quantitative estimate of drug-likeness (QED) is 0.709. The first-order valence-electron chi connectivity index (χ1n) is 6.02. The molecule has 0 aromatic heterocycles. The Labute approximate surface area is 93.8 Å². The summed E-state index contributed by atoms with van der Waals surface area (Å²) < 4.78 is 0. The first kappa shape index (κ1) is 12.5. The molecule has 0 bridgehead atoms. The highest BCUT2D eigenvalue weighted by molar-refractivity contribution is 5.73. The number of amides is 1. The Kier molecular flexibility index (Phi) is 3.47. The minimum absolute atomic E-state index is 0.0492. The summed E-state index contributed by atoms with van der Waals surface area (Å²) in [5.74, 6) is 0.908. The third kappa shape index (κ3) is 3.51. The van der Waals surface area contributed by atoms with Crippen molar-refractivity contribution in [3.8, 4) is 0 Å². The van der Waals surface area contributed by atoms with Crippen molar-refractivity contribution in [2.75, 3.05) is 0 Å². The highest BCUT2D eigenvalue weighted by Crippen LogP contribution is 2.41. The molecule has 0 spiro atoms. The van der Waals surface area contributed by atoms with E-state index in [1.165, 1.54) is 12.8 Å². The van der Waals surface area contributed by atoms with Crippen LogP contribution in [0.1, 0.15) is 60.3 Å². The topological polar surface area (TPSA) is 29.1 Å². The van der Waals surface area contributed by atoms with Gasteiger partial charge in [0.05, 0.1) is 0 Å². The zero-order chi connectivity index (χ0) is 11.7. The van der Waals surface area contributed by atoms with Gasteiger partial charge in [0.2, 0.25) is 5.91 Å². The van der Waals surface area contributed by atoms with E-state index in [2.05, 4.69) is 33.0 Å². The van der Waals surface area contributed by atoms with Gasteiger partial charge < -0.3 is 5.32 Å². The van der Waals surface area contributed by atoms with Crippen molar-refractivity contribution in [1.29, 1.82) is 0 Å². The van der Waals surface area contributed by atoms with E-state index in [9.17, 15) is 4.79 Å². The fraction of sp³-hybridized carbons (Fsp3) is 0.923. The van der Waals surface area contributed by atoms with Crippen LogP contribution in [-0.4, -0.2) is 11.4 Å². The maximum atomic E-state index is 11.1. The van der Waals surface area contributed by atoms with Crippen molar-refractivity contribution >= 4 is 5.91 Å². The van der Waals surface area contributed by atoms with Crippen LogP contribution in [0.2, 0.25) is 0 Å². The fourth-order valence-electron chi connectivity index (χ4n) is 2.67. The van der Waals surface area contributed by atoms with Gasteiger partial charge in [-0.1, -0.05) is 20.8 Å². The Morgan fingerprint density at radius 1 is 1.27 bits per heavy atom. The van der Waals surface area contributed by atoms with Gasteiger partial charge in [-0.25, -0.2) is 0 Å². The second-order valence-electron chi connectivity index (χ2n) is 6.38. The molecular weight excluding hydrogens is 186 g/mol. The predicted molar refractivity (Wildman–Crippen MR) is 63.6 cm³/mol. The smallest absolute Gasteiger partial charge is 0.217 e. The van der Waals surface area contributed by atoms with Crippen LogP contribution >= 0.6 is 0 Å². The Hall–Kier alpha value is -0.530. The van der Waals surface area contributed by atoms with E-state index in [4.69, 9.17) is 0 Å². The number of hydrogen-bond donors (Lipinski definition) is 1. The molecule has 0 aliphatic heterocycles. The van der Waals surface area contributed by atoms with Gasteiger partial charge in [0.25, 0.3) is 0 Å². The maximum Gasteiger partial charge on any atom is 0.217 e. The van der Waals surface area contributed by atoms with Crippen LogP contribution in [0.15, 0.2) is 0 Å². The second kappa shape index (κ2) is 4.15. The van der Waals surface area contributed by atoms with Gasteiger partial charge in [-0.05, 0) is 43.9 Å². The van der Waals surface area contributed by atoms with Crippen molar-refractivity contribution in [2.45, 2.75) is 65.8 Å². The third-order valence-electron chi connectivity index (χ3n) is 3.79. The first-order valence-corrected chi connectivity index (χ1v) is 6.02. The van der Waals surface area contributed by atoms with E-state index in [0.29, 0.717) is 5.41 Å². The Morgan fingerprint density at radius 3 is 2.07 bits per heavy atom. The Bertz CT molecular complexity index is 231. The lowest BCUT2D eigenvalue weighted by Gasteiger charge is -2.42. The van der Waals surface area contributed by atoms with E-state index in [-0.39, 0.29) is 11.4 Å². The molecule has 1 aliphatic rings. The van der Waals surface area contributed by atoms with E-state index < -0.39 is 0 Å². The van der Waals surface area contributed by atoms with Gasteiger partial charge in [-0.3, -0.25) is 4.79 Å². The molecule has 2 nitrogen and oxygen atoms in total. The second-order valence-corrected chi connectivity index (χ2v) is 6.38. The fourth-order valence-corrected chi connectivity index (χ4v) is 2.67. The van der Waals surface area contributed by atoms with Crippen molar-refractivity contribution in [2.24, 2.45) is 11.3 Å². The Balaban J connectivity index is 2.51. The normalized spacial score (nSPS) is 32.5. The van der Waals surface area contributed by atoms with Crippen LogP contribution < -0.4 is 5.32 Å². The molecular formula is C13H25NO. The third-order valence-corrected chi connectivity index (χ3v) is 3.79. The summed E-state index contributed by atoms with van der Waals surface area (Å²) in [5.41, 5.74) is 0.463. The SMILES string of the molecule is CC(=O)NC1(C)CCC(C(C)(C)C)CC1. The van der Waals surface area contributed by atoms with Gasteiger partial charge in [0, 0.05) is 12.5 Å². The zero-order valence-corrected chi connectivity index (χ0v) is 10.8. The summed E-state index contributed by atoms with van der Waals surface area (Å²) in [6.07, 6.45) is 4.71. The van der Waals surface area contributed by atoms with Crippen LogP contribution in [-0.2, 0) is 4.79 Å². The summed E-state index contributed by atoms with van der Waals surface area (Å²) in [6, 6.07) is 0. The number of nitrogens with one attached hydrogen (secondary N) is 1. The number of rotatable bonds is 1. The van der Waals surface area contributed by atoms with E-state index in [0.717, 1.165) is 18.8 Å². The average Bonchev–Trinajstić information content (AvgIpc) is 2.00. The minimum atomic E-state index is 0.0492. The standard InChI is InChI=1S/C13H25NO/c1-10(15)14-13(5)8-6-11(7-9-13)12(2,3)4/h11H,6-9H2,1-5H3,(H,14,15). The summed E-state index contributed by atoms with van der Waals surface area (Å²) in [7, 11) is 0. The van der Waals surface area contributed by atoms with Gasteiger partial charge in [-0.15, -0.1) is 0 Å². The molecule has 88 valence electrons. The molecule has 0 heterocycles. The monoisotopic (exact) mass is 211 g/mol. The van der Waals surface area contributed by atoms with Crippen molar-refractivity contribution < 1.29 is 4.79 Å². The van der Waals surface area contributed by atoms with E-state index >= 15 is 0 Å². The van der Waals surface area contributed by atoms with Gasteiger partial charge in [0.1, 0.15) is 0 Å². The van der Waals surface area contributed by atoms with Crippen molar-refractivity contribution in [1.82, 2.24) is 5.32 Å². The molecule has 0 aromatic rings. The molecule has 0 atom stereocenters. The Morgan fingerprint density at radius 2 is 1.73 bits per heavy atom.